The summed E-state index contributed by atoms with van der Waals surface area (Å²) in [6.07, 6.45) is 0. The number of carbonyl (C=O) groups excluding carboxylic acids is 1. The van der Waals surface area contributed by atoms with Crippen molar-refractivity contribution in [3.05, 3.63) is 73.8 Å². The lowest BCUT2D eigenvalue weighted by molar-refractivity contribution is -0.384. The molecule has 6 nitrogen and oxygen atoms in total. The minimum atomic E-state index is -0.501. The van der Waals surface area contributed by atoms with Gasteiger partial charge >= 0.3 is 0 Å². The second-order valence-electron chi connectivity index (χ2n) is 4.57. The summed E-state index contributed by atoms with van der Waals surface area (Å²) in [5.41, 5.74) is 3.70. The van der Waals surface area contributed by atoms with E-state index in [4.69, 9.17) is 23.2 Å². The van der Waals surface area contributed by atoms with Gasteiger partial charge in [-0.3, -0.25) is 14.9 Å². The molecule has 1 N–H and O–H groups in total. The molecule has 0 aliphatic carbocycles. The zero-order valence-electron chi connectivity index (χ0n) is 11.9. The van der Waals surface area contributed by atoms with Gasteiger partial charge in [0.05, 0.1) is 21.2 Å². The molecule has 0 radical (unpaired) electrons. The van der Waals surface area contributed by atoms with Gasteiger partial charge in [-0.05, 0) is 42.8 Å². The molecule has 0 saturated heterocycles. The molecule has 2 aromatic carbocycles. The predicted molar refractivity (Wildman–Crippen MR) is 89.2 cm³/mol. The Balaban J connectivity index is 2.13. The van der Waals surface area contributed by atoms with E-state index in [0.29, 0.717) is 16.3 Å². The molecule has 0 fully saturated rings. The molecule has 0 aromatic heterocycles. The first kappa shape index (κ1) is 16.9. The van der Waals surface area contributed by atoms with Crippen LogP contribution in [0.5, 0.6) is 0 Å². The second-order valence-corrected chi connectivity index (χ2v) is 5.41. The van der Waals surface area contributed by atoms with Gasteiger partial charge in [-0.25, -0.2) is 5.43 Å². The largest absolute Gasteiger partial charge is 0.272 e. The van der Waals surface area contributed by atoms with Gasteiger partial charge in [-0.15, -0.1) is 0 Å². The molecule has 0 bridgehead atoms. The van der Waals surface area contributed by atoms with Gasteiger partial charge in [0.1, 0.15) is 0 Å². The SMILES string of the molecule is C/C(=N/NC(=O)c1cc(Cl)ccc1Cl)c1ccc([N+](=O)[O-])cc1. The van der Waals surface area contributed by atoms with Crippen molar-refractivity contribution >= 4 is 40.5 Å². The van der Waals surface area contributed by atoms with E-state index >= 15 is 0 Å². The van der Waals surface area contributed by atoms with Crippen LogP contribution in [0.3, 0.4) is 0 Å². The minimum absolute atomic E-state index is 0.0173. The Morgan fingerprint density at radius 2 is 1.83 bits per heavy atom. The highest BCUT2D eigenvalue weighted by Crippen LogP contribution is 2.20. The summed E-state index contributed by atoms with van der Waals surface area (Å²) in [5.74, 6) is -0.501. The zero-order valence-corrected chi connectivity index (χ0v) is 13.4. The van der Waals surface area contributed by atoms with Crippen LogP contribution in [0.15, 0.2) is 47.6 Å². The van der Waals surface area contributed by atoms with Crippen LogP contribution in [0.25, 0.3) is 0 Å². The van der Waals surface area contributed by atoms with Crippen LogP contribution in [0.4, 0.5) is 5.69 Å². The third-order valence-corrected chi connectivity index (χ3v) is 3.56. The number of halogens is 2. The summed E-state index contributed by atoms with van der Waals surface area (Å²) in [5, 5.41) is 15.2. The first-order valence-electron chi connectivity index (χ1n) is 6.43. The van der Waals surface area contributed by atoms with Crippen molar-refractivity contribution in [2.24, 2.45) is 5.10 Å². The van der Waals surface area contributed by atoms with Crippen LogP contribution in [0.1, 0.15) is 22.8 Å². The first-order chi connectivity index (χ1) is 10.9. The van der Waals surface area contributed by atoms with Crippen molar-refractivity contribution in [1.82, 2.24) is 5.43 Å². The maximum Gasteiger partial charge on any atom is 0.272 e. The summed E-state index contributed by atoms with van der Waals surface area (Å²) in [7, 11) is 0. The minimum Gasteiger partial charge on any atom is -0.267 e. The molecule has 2 aromatic rings. The number of nitro groups is 1. The lowest BCUT2D eigenvalue weighted by Gasteiger charge is -2.05. The smallest absolute Gasteiger partial charge is 0.267 e. The average Bonchev–Trinajstić information content (AvgIpc) is 2.54. The molecule has 1 amide bonds. The number of carbonyl (C=O) groups is 1. The number of non-ortho nitro benzene ring substituents is 1. The average molecular weight is 352 g/mol. The molecule has 0 unspecified atom stereocenters. The van der Waals surface area contributed by atoms with Crippen LogP contribution in [-0.2, 0) is 0 Å². The molecule has 0 aliphatic heterocycles. The summed E-state index contributed by atoms with van der Waals surface area (Å²) in [4.78, 5) is 22.2. The number of hydrazone groups is 1. The lowest BCUT2D eigenvalue weighted by atomic mass is 10.1. The van der Waals surface area contributed by atoms with Crippen molar-refractivity contribution in [1.29, 1.82) is 0 Å². The summed E-state index contributed by atoms with van der Waals surface area (Å²) < 4.78 is 0. The van der Waals surface area contributed by atoms with Crippen molar-refractivity contribution in [2.75, 3.05) is 0 Å². The van der Waals surface area contributed by atoms with Crippen molar-refractivity contribution in [3.63, 3.8) is 0 Å². The normalized spacial score (nSPS) is 11.2. The number of benzene rings is 2. The third-order valence-electron chi connectivity index (χ3n) is 2.99. The monoisotopic (exact) mass is 351 g/mol. The number of hydrogen-bond acceptors (Lipinski definition) is 4. The maximum absolute atomic E-state index is 12.0. The van der Waals surface area contributed by atoms with Crippen LogP contribution in [-0.4, -0.2) is 16.5 Å². The van der Waals surface area contributed by atoms with Crippen LogP contribution >= 0.6 is 23.2 Å². The number of rotatable bonds is 4. The molecule has 118 valence electrons. The second kappa shape index (κ2) is 7.21. The summed E-state index contributed by atoms with van der Waals surface area (Å²) in [6, 6.07) is 10.4. The number of nitrogens with zero attached hydrogens (tertiary/aromatic N) is 2. The highest BCUT2D eigenvalue weighted by atomic mass is 35.5. The Bertz CT molecular complexity index is 789. The predicted octanol–water partition coefficient (Wildman–Crippen LogP) is 4.06. The molecular weight excluding hydrogens is 341 g/mol. The summed E-state index contributed by atoms with van der Waals surface area (Å²) >= 11 is 11.8. The molecule has 0 saturated carbocycles. The van der Waals surface area contributed by atoms with Crippen LogP contribution in [0.2, 0.25) is 10.0 Å². The summed E-state index contributed by atoms with van der Waals surface area (Å²) in [6.45, 7) is 1.67. The van der Waals surface area contributed by atoms with Gasteiger partial charge in [0.25, 0.3) is 11.6 Å². The van der Waals surface area contributed by atoms with E-state index in [0.717, 1.165) is 0 Å². The molecule has 23 heavy (non-hydrogen) atoms. The quantitative estimate of drug-likeness (QED) is 0.512. The Kier molecular flexibility index (Phi) is 5.31. The molecule has 0 atom stereocenters. The van der Waals surface area contributed by atoms with Crippen molar-refractivity contribution in [3.8, 4) is 0 Å². The molecule has 0 aliphatic rings. The van der Waals surface area contributed by atoms with E-state index in [1.165, 1.54) is 24.3 Å². The van der Waals surface area contributed by atoms with Crippen LogP contribution in [0, 0.1) is 10.1 Å². The molecule has 8 heteroatoms. The van der Waals surface area contributed by atoms with Gasteiger partial charge in [0.15, 0.2) is 0 Å². The van der Waals surface area contributed by atoms with Gasteiger partial charge in [-0.2, -0.15) is 5.10 Å². The van der Waals surface area contributed by atoms with Gasteiger partial charge in [0.2, 0.25) is 0 Å². The number of nitrogens with one attached hydrogen (secondary N) is 1. The van der Waals surface area contributed by atoms with E-state index in [2.05, 4.69) is 10.5 Å². The van der Waals surface area contributed by atoms with Gasteiger partial charge in [-0.1, -0.05) is 23.2 Å². The maximum atomic E-state index is 12.0. The highest BCUT2D eigenvalue weighted by Gasteiger charge is 2.11. The standard InChI is InChI=1S/C15H11Cl2N3O3/c1-9(10-2-5-12(6-3-10)20(22)23)18-19-15(21)13-8-11(16)4-7-14(13)17/h2-8H,1H3,(H,19,21)/b18-9-. The van der Waals surface area contributed by atoms with Gasteiger partial charge in [0, 0.05) is 17.2 Å². The fourth-order valence-electron chi connectivity index (χ4n) is 1.76. The van der Waals surface area contributed by atoms with Crippen molar-refractivity contribution < 1.29 is 9.72 Å². The van der Waals surface area contributed by atoms with E-state index < -0.39 is 10.8 Å². The van der Waals surface area contributed by atoms with E-state index in [1.807, 2.05) is 0 Å². The zero-order chi connectivity index (χ0) is 17.0. The Morgan fingerprint density at radius 1 is 1.17 bits per heavy atom. The number of hydrogen-bond donors (Lipinski definition) is 1. The Hall–Kier alpha value is -2.44. The fraction of sp³-hybridized carbons (Fsp3) is 0.0667. The third kappa shape index (κ3) is 4.28. The van der Waals surface area contributed by atoms with E-state index in [1.54, 1.807) is 25.1 Å². The lowest BCUT2D eigenvalue weighted by Crippen LogP contribution is -2.19. The molecule has 0 spiro atoms. The van der Waals surface area contributed by atoms with E-state index in [-0.39, 0.29) is 16.3 Å². The molecular formula is C15H11Cl2N3O3. The number of nitro benzene ring substituents is 1. The Labute approximate surface area is 141 Å². The fourth-order valence-corrected chi connectivity index (χ4v) is 2.13. The van der Waals surface area contributed by atoms with E-state index in [9.17, 15) is 14.9 Å². The molecule has 0 heterocycles. The van der Waals surface area contributed by atoms with Crippen molar-refractivity contribution in [2.45, 2.75) is 6.92 Å². The Morgan fingerprint density at radius 3 is 2.43 bits per heavy atom. The topological polar surface area (TPSA) is 84.6 Å². The first-order valence-corrected chi connectivity index (χ1v) is 7.18. The van der Waals surface area contributed by atoms with Gasteiger partial charge < -0.3 is 0 Å². The van der Waals surface area contributed by atoms with Crippen LogP contribution < -0.4 is 5.43 Å². The molecule has 2 rings (SSSR count). The highest BCUT2D eigenvalue weighted by molar-refractivity contribution is 6.35. The number of amides is 1.